The summed E-state index contributed by atoms with van der Waals surface area (Å²) in [6.45, 7) is 0. The zero-order valence-corrected chi connectivity index (χ0v) is 13.3. The van der Waals surface area contributed by atoms with Crippen molar-refractivity contribution in [2.45, 2.75) is 24.9 Å². The molecule has 1 aromatic carbocycles. The molecular weight excluding hydrogens is 373 g/mol. The van der Waals surface area contributed by atoms with E-state index in [1.54, 1.807) is 0 Å². The Kier molecular flexibility index (Phi) is 3.53. The Morgan fingerprint density at radius 3 is 2.43 bits per heavy atom. The van der Waals surface area contributed by atoms with E-state index in [1.807, 2.05) is 12.1 Å². The van der Waals surface area contributed by atoms with Gasteiger partial charge in [0.2, 0.25) is 0 Å². The molecule has 0 unspecified atom stereocenters. The van der Waals surface area contributed by atoms with E-state index in [9.17, 15) is 28.5 Å². The summed E-state index contributed by atoms with van der Waals surface area (Å²) in [4.78, 5) is 12.6. The number of nitrogens with zero attached hydrogens (tertiary/aromatic N) is 2. The lowest BCUT2D eigenvalue weighted by Crippen LogP contribution is -2.38. The largest absolute Gasteiger partial charge is 0.396 e. The second-order valence-electron chi connectivity index (χ2n) is 6.10. The third kappa shape index (κ3) is 2.35. The molecule has 1 fully saturated rings. The third-order valence-corrected chi connectivity index (χ3v) is 5.32. The van der Waals surface area contributed by atoms with Gasteiger partial charge < -0.3 is 0 Å². The number of benzene rings is 1. The fourth-order valence-corrected chi connectivity index (χ4v) is 4.24. The number of alkyl halides is 3. The van der Waals surface area contributed by atoms with Gasteiger partial charge >= 0.3 is 6.18 Å². The highest BCUT2D eigenvalue weighted by molar-refractivity contribution is 9.10. The minimum Gasteiger partial charge on any atom is -0.294 e. The molecule has 1 aromatic rings. The van der Waals surface area contributed by atoms with Gasteiger partial charge in [0.1, 0.15) is 5.41 Å². The minimum absolute atomic E-state index is 0.0449. The molecule has 0 saturated heterocycles. The standard InChI is InChI=1S/C16H10BrF3N2O/c17-8-1-2-9-10(3-8)13(16(18,19)20)11-4-15(6-21,7-22)5-12(11)14(9)23/h1-3,11-13H,4-5H2/t11-,12+,13-/m0/s1. The summed E-state index contributed by atoms with van der Waals surface area (Å²) in [5, 5.41) is 18.5. The number of halogens is 4. The van der Waals surface area contributed by atoms with Crippen LogP contribution in [0, 0.1) is 39.9 Å². The average molecular weight is 383 g/mol. The van der Waals surface area contributed by atoms with E-state index in [4.69, 9.17) is 0 Å². The van der Waals surface area contributed by atoms with Crippen LogP contribution in [-0.2, 0) is 0 Å². The van der Waals surface area contributed by atoms with Gasteiger partial charge in [-0.25, -0.2) is 0 Å². The third-order valence-electron chi connectivity index (χ3n) is 4.83. The molecule has 0 spiro atoms. The summed E-state index contributed by atoms with van der Waals surface area (Å²) in [6.07, 6.45) is -4.90. The second kappa shape index (κ2) is 5.07. The highest BCUT2D eigenvalue weighted by Gasteiger charge is 2.60. The van der Waals surface area contributed by atoms with Gasteiger partial charge in [0.15, 0.2) is 5.78 Å². The average Bonchev–Trinajstić information content (AvgIpc) is 2.86. The molecule has 0 N–H and O–H groups in total. The number of Topliss-reactive ketones (excluding diaryl/α,β-unsaturated/α-hetero) is 1. The first kappa shape index (κ1) is 16.0. The highest BCUT2D eigenvalue weighted by Crippen LogP contribution is 2.58. The lowest BCUT2D eigenvalue weighted by molar-refractivity contribution is -0.165. The van der Waals surface area contributed by atoms with Crippen molar-refractivity contribution in [3.8, 4) is 12.1 Å². The fourth-order valence-electron chi connectivity index (χ4n) is 3.86. The van der Waals surface area contributed by atoms with Crippen LogP contribution >= 0.6 is 15.9 Å². The maximum atomic E-state index is 13.7. The molecule has 23 heavy (non-hydrogen) atoms. The fraction of sp³-hybridized carbons (Fsp3) is 0.438. The SMILES string of the molecule is N#CC1(C#N)C[C@H]2[C@@H](C1)C(=O)c1ccc(Br)cc1[C@@H]2C(F)(F)F. The molecule has 1 saturated carbocycles. The lowest BCUT2D eigenvalue weighted by Gasteiger charge is -2.35. The van der Waals surface area contributed by atoms with E-state index in [2.05, 4.69) is 15.9 Å². The van der Waals surface area contributed by atoms with Crippen LogP contribution in [-0.4, -0.2) is 12.0 Å². The first-order valence-corrected chi connectivity index (χ1v) is 7.74. The second-order valence-corrected chi connectivity index (χ2v) is 7.02. The van der Waals surface area contributed by atoms with Crippen molar-refractivity contribution in [1.29, 1.82) is 10.5 Å². The van der Waals surface area contributed by atoms with Crippen LogP contribution in [0.5, 0.6) is 0 Å². The molecule has 3 rings (SSSR count). The summed E-state index contributed by atoms with van der Waals surface area (Å²) in [5.41, 5.74) is -1.54. The molecule has 0 radical (unpaired) electrons. The number of nitriles is 2. The number of hydrogen-bond acceptors (Lipinski definition) is 3. The van der Waals surface area contributed by atoms with Crippen molar-refractivity contribution in [2.75, 3.05) is 0 Å². The molecule has 0 bridgehead atoms. The maximum Gasteiger partial charge on any atom is 0.396 e. The molecule has 3 atom stereocenters. The molecule has 3 nitrogen and oxygen atoms in total. The van der Waals surface area contributed by atoms with Crippen molar-refractivity contribution >= 4 is 21.7 Å². The van der Waals surface area contributed by atoms with Gasteiger partial charge in [-0.2, -0.15) is 23.7 Å². The molecular formula is C16H10BrF3N2O. The Bertz CT molecular complexity index is 761. The summed E-state index contributed by atoms with van der Waals surface area (Å²) < 4.78 is 41.5. The molecule has 7 heteroatoms. The number of fused-ring (bicyclic) bond motifs is 2. The van der Waals surface area contributed by atoms with E-state index in [0.717, 1.165) is 0 Å². The molecule has 0 aromatic heterocycles. The predicted octanol–water partition coefficient (Wildman–Crippen LogP) is 4.35. The smallest absolute Gasteiger partial charge is 0.294 e. The summed E-state index contributed by atoms with van der Waals surface area (Å²) >= 11 is 3.14. The summed E-state index contributed by atoms with van der Waals surface area (Å²) in [5.74, 6) is -4.23. The summed E-state index contributed by atoms with van der Waals surface area (Å²) in [7, 11) is 0. The zero-order valence-electron chi connectivity index (χ0n) is 11.7. The number of carbonyl (C=O) groups excluding carboxylic acids is 1. The number of rotatable bonds is 0. The quantitative estimate of drug-likeness (QED) is 0.669. The van der Waals surface area contributed by atoms with Crippen LogP contribution in [0.4, 0.5) is 13.2 Å². The Labute approximate surface area is 138 Å². The van der Waals surface area contributed by atoms with Gasteiger partial charge in [0.25, 0.3) is 0 Å². The minimum atomic E-state index is -4.54. The van der Waals surface area contributed by atoms with Gasteiger partial charge in [0.05, 0.1) is 18.1 Å². The van der Waals surface area contributed by atoms with Crippen LogP contribution in [0.15, 0.2) is 22.7 Å². The number of hydrogen-bond donors (Lipinski definition) is 0. The zero-order chi connectivity index (χ0) is 17.0. The van der Waals surface area contributed by atoms with Gasteiger partial charge in [-0.3, -0.25) is 4.79 Å². The molecule has 2 aliphatic carbocycles. The Balaban J connectivity index is 2.20. The topological polar surface area (TPSA) is 64.7 Å². The van der Waals surface area contributed by atoms with Crippen LogP contribution in [0.2, 0.25) is 0 Å². The highest BCUT2D eigenvalue weighted by atomic mass is 79.9. The van der Waals surface area contributed by atoms with Crippen molar-refractivity contribution in [1.82, 2.24) is 0 Å². The first-order valence-electron chi connectivity index (χ1n) is 6.95. The molecule has 0 amide bonds. The van der Waals surface area contributed by atoms with Crippen molar-refractivity contribution < 1.29 is 18.0 Å². The predicted molar refractivity (Wildman–Crippen MR) is 77.1 cm³/mol. The Morgan fingerprint density at radius 2 is 1.87 bits per heavy atom. The number of carbonyl (C=O) groups is 1. The normalized spacial score (nSPS) is 28.4. The van der Waals surface area contributed by atoms with E-state index in [-0.39, 0.29) is 24.0 Å². The van der Waals surface area contributed by atoms with Crippen molar-refractivity contribution in [3.63, 3.8) is 0 Å². The van der Waals surface area contributed by atoms with E-state index in [1.165, 1.54) is 18.2 Å². The molecule has 0 aliphatic heterocycles. The van der Waals surface area contributed by atoms with Gasteiger partial charge in [0, 0.05) is 16.0 Å². The van der Waals surface area contributed by atoms with Crippen molar-refractivity contribution in [2.24, 2.45) is 17.3 Å². The maximum absolute atomic E-state index is 13.7. The van der Waals surface area contributed by atoms with Gasteiger partial charge in [-0.05, 0) is 42.5 Å². The van der Waals surface area contributed by atoms with Crippen LogP contribution in [0.3, 0.4) is 0 Å². The lowest BCUT2D eigenvalue weighted by atomic mass is 9.69. The van der Waals surface area contributed by atoms with Crippen LogP contribution in [0.1, 0.15) is 34.7 Å². The monoisotopic (exact) mass is 382 g/mol. The molecule has 2 aliphatic rings. The molecule has 118 valence electrons. The van der Waals surface area contributed by atoms with E-state index >= 15 is 0 Å². The Morgan fingerprint density at radius 1 is 1.22 bits per heavy atom. The molecule has 0 heterocycles. The van der Waals surface area contributed by atoms with Gasteiger partial charge in [-0.15, -0.1) is 0 Å². The van der Waals surface area contributed by atoms with E-state index < -0.39 is 35.1 Å². The van der Waals surface area contributed by atoms with Crippen LogP contribution < -0.4 is 0 Å². The first-order chi connectivity index (χ1) is 10.7. The van der Waals surface area contributed by atoms with Crippen molar-refractivity contribution in [3.05, 3.63) is 33.8 Å². The summed E-state index contributed by atoms with van der Waals surface area (Å²) in [6, 6.07) is 7.88. The number of ketones is 1. The van der Waals surface area contributed by atoms with Crippen LogP contribution in [0.25, 0.3) is 0 Å². The van der Waals surface area contributed by atoms with E-state index in [0.29, 0.717) is 4.47 Å². The Hall–Kier alpha value is -1.86. The van der Waals surface area contributed by atoms with Gasteiger partial charge in [-0.1, -0.05) is 15.9 Å².